The van der Waals surface area contributed by atoms with Crippen LogP contribution in [0.5, 0.6) is 0 Å². The van der Waals surface area contributed by atoms with Crippen LogP contribution in [-0.4, -0.2) is 17.6 Å². The molecule has 0 aliphatic rings. The van der Waals surface area contributed by atoms with Gasteiger partial charge in [0.25, 0.3) is 0 Å². The van der Waals surface area contributed by atoms with Crippen molar-refractivity contribution in [2.75, 3.05) is 6.61 Å². The number of primary amides is 1. The van der Waals surface area contributed by atoms with Crippen molar-refractivity contribution >= 4 is 5.91 Å². The highest BCUT2D eigenvalue weighted by atomic mass is 16.3. The van der Waals surface area contributed by atoms with Crippen molar-refractivity contribution in [2.45, 2.75) is 0 Å². The van der Waals surface area contributed by atoms with Gasteiger partial charge in [0.2, 0.25) is 5.91 Å². The average Bonchev–Trinajstić information content (AvgIpc) is 1.69. The molecule has 0 radical (unpaired) electrons. The van der Waals surface area contributed by atoms with E-state index in [1.807, 2.05) is 0 Å². The molecule has 0 bridgehead atoms. The molecule has 1 amide bonds. The highest BCUT2D eigenvalue weighted by molar-refractivity contribution is 5.91. The first kappa shape index (κ1) is 6.97. The first-order chi connectivity index (χ1) is 3.72. The third-order valence-corrected chi connectivity index (χ3v) is 0.688. The molecule has 0 aliphatic heterocycles. The molecular weight excluding hydrogens is 108 g/mol. The monoisotopic (exact) mass is 116 g/mol. The van der Waals surface area contributed by atoms with Crippen LogP contribution in [0.1, 0.15) is 0 Å². The van der Waals surface area contributed by atoms with Crippen LogP contribution in [0.2, 0.25) is 0 Å². The number of carbonyl (C=O) groups is 1. The van der Waals surface area contributed by atoms with E-state index in [0.717, 1.165) is 6.20 Å². The van der Waals surface area contributed by atoms with Crippen molar-refractivity contribution < 1.29 is 9.90 Å². The number of nitrogens with two attached hydrogens (primary N) is 2. The zero-order chi connectivity index (χ0) is 6.57. The molecule has 4 heteroatoms. The molecular formula is C4H8N2O2. The van der Waals surface area contributed by atoms with Crippen LogP contribution in [0.25, 0.3) is 0 Å². The van der Waals surface area contributed by atoms with Crippen LogP contribution in [0.15, 0.2) is 11.8 Å². The smallest absolute Gasteiger partial charge is 0.248 e. The van der Waals surface area contributed by atoms with Gasteiger partial charge in [-0.25, -0.2) is 0 Å². The number of amides is 1. The summed E-state index contributed by atoms with van der Waals surface area (Å²) >= 11 is 0. The zero-order valence-electron chi connectivity index (χ0n) is 4.29. The van der Waals surface area contributed by atoms with E-state index in [1.54, 1.807) is 0 Å². The SMILES string of the molecule is NC=C(CO)C(N)=O. The van der Waals surface area contributed by atoms with Crippen molar-refractivity contribution in [1.82, 2.24) is 0 Å². The lowest BCUT2D eigenvalue weighted by Gasteiger charge is -1.91. The van der Waals surface area contributed by atoms with E-state index in [-0.39, 0.29) is 5.57 Å². The Morgan fingerprint density at radius 2 is 2.25 bits per heavy atom. The Kier molecular flexibility index (Phi) is 2.64. The summed E-state index contributed by atoms with van der Waals surface area (Å²) in [6.45, 7) is -0.397. The van der Waals surface area contributed by atoms with Crippen molar-refractivity contribution in [3.63, 3.8) is 0 Å². The molecule has 46 valence electrons. The fraction of sp³-hybridized carbons (Fsp3) is 0.250. The van der Waals surface area contributed by atoms with Crippen LogP contribution in [0, 0.1) is 0 Å². The van der Waals surface area contributed by atoms with E-state index in [9.17, 15) is 4.79 Å². The lowest BCUT2D eigenvalue weighted by molar-refractivity contribution is -0.114. The van der Waals surface area contributed by atoms with Crippen molar-refractivity contribution in [3.05, 3.63) is 11.8 Å². The maximum absolute atomic E-state index is 10.1. The van der Waals surface area contributed by atoms with Gasteiger partial charge < -0.3 is 16.6 Å². The molecule has 0 rings (SSSR count). The zero-order valence-corrected chi connectivity index (χ0v) is 4.29. The Hall–Kier alpha value is -1.03. The van der Waals surface area contributed by atoms with E-state index in [4.69, 9.17) is 16.6 Å². The van der Waals surface area contributed by atoms with Gasteiger partial charge >= 0.3 is 0 Å². The highest BCUT2D eigenvalue weighted by Crippen LogP contribution is 1.84. The molecule has 0 spiro atoms. The van der Waals surface area contributed by atoms with Crippen molar-refractivity contribution in [2.24, 2.45) is 11.5 Å². The van der Waals surface area contributed by atoms with Crippen LogP contribution in [0.4, 0.5) is 0 Å². The van der Waals surface area contributed by atoms with E-state index in [0.29, 0.717) is 0 Å². The first-order valence-electron chi connectivity index (χ1n) is 2.03. The van der Waals surface area contributed by atoms with E-state index in [1.165, 1.54) is 0 Å². The van der Waals surface area contributed by atoms with Gasteiger partial charge in [-0.1, -0.05) is 0 Å². The summed E-state index contributed by atoms with van der Waals surface area (Å²) in [5.74, 6) is -0.685. The minimum Gasteiger partial charge on any atom is -0.404 e. The van der Waals surface area contributed by atoms with E-state index < -0.39 is 12.5 Å². The summed E-state index contributed by atoms with van der Waals surface area (Å²) in [6.07, 6.45) is 0.988. The first-order valence-corrected chi connectivity index (χ1v) is 2.03. The molecule has 8 heavy (non-hydrogen) atoms. The Bertz CT molecular complexity index is 119. The maximum atomic E-state index is 10.1. The van der Waals surface area contributed by atoms with Crippen molar-refractivity contribution in [1.29, 1.82) is 0 Å². The minimum absolute atomic E-state index is 0.0324. The highest BCUT2D eigenvalue weighted by Gasteiger charge is 1.98. The van der Waals surface area contributed by atoms with E-state index >= 15 is 0 Å². The molecule has 0 aromatic heterocycles. The third kappa shape index (κ3) is 1.61. The van der Waals surface area contributed by atoms with Gasteiger partial charge in [-0.15, -0.1) is 0 Å². The van der Waals surface area contributed by atoms with Gasteiger partial charge in [-0.3, -0.25) is 4.79 Å². The second-order valence-corrected chi connectivity index (χ2v) is 1.21. The second kappa shape index (κ2) is 3.04. The fourth-order valence-electron chi connectivity index (χ4n) is 0.213. The molecule has 0 atom stereocenters. The molecule has 0 saturated carbocycles. The van der Waals surface area contributed by atoms with Crippen LogP contribution >= 0.6 is 0 Å². The molecule has 0 aromatic carbocycles. The van der Waals surface area contributed by atoms with Crippen LogP contribution < -0.4 is 11.5 Å². The lowest BCUT2D eigenvalue weighted by atomic mass is 10.3. The maximum Gasteiger partial charge on any atom is 0.248 e. The molecule has 0 fully saturated rings. The topological polar surface area (TPSA) is 89.3 Å². The van der Waals surface area contributed by atoms with Gasteiger partial charge in [0.1, 0.15) is 0 Å². The molecule has 5 N–H and O–H groups in total. The molecule has 0 heterocycles. The van der Waals surface area contributed by atoms with Crippen LogP contribution in [0.3, 0.4) is 0 Å². The lowest BCUT2D eigenvalue weighted by Crippen LogP contribution is -2.17. The number of rotatable bonds is 2. The van der Waals surface area contributed by atoms with Gasteiger partial charge in [-0.05, 0) is 0 Å². The number of carbonyl (C=O) groups excluding carboxylic acids is 1. The summed E-state index contributed by atoms with van der Waals surface area (Å²) < 4.78 is 0. The quantitative estimate of drug-likeness (QED) is 0.376. The van der Waals surface area contributed by atoms with Gasteiger partial charge in [0.15, 0.2) is 0 Å². The molecule has 0 aliphatic carbocycles. The summed E-state index contributed by atoms with van der Waals surface area (Å²) in [4.78, 5) is 10.1. The summed E-state index contributed by atoms with van der Waals surface area (Å²) in [5, 5.41) is 8.25. The summed E-state index contributed by atoms with van der Waals surface area (Å²) in [6, 6.07) is 0. The molecule has 0 aromatic rings. The number of aliphatic hydroxyl groups excluding tert-OH is 1. The summed E-state index contributed by atoms with van der Waals surface area (Å²) in [7, 11) is 0. The fourth-order valence-corrected chi connectivity index (χ4v) is 0.213. The normalized spacial score (nSPS) is 11.4. The number of hydrogen-bond donors (Lipinski definition) is 3. The minimum atomic E-state index is -0.685. The number of aliphatic hydroxyl groups is 1. The average molecular weight is 116 g/mol. The molecule has 0 saturated heterocycles. The number of hydrogen-bond acceptors (Lipinski definition) is 3. The van der Waals surface area contributed by atoms with Gasteiger partial charge in [0.05, 0.1) is 12.2 Å². The second-order valence-electron chi connectivity index (χ2n) is 1.21. The van der Waals surface area contributed by atoms with E-state index in [2.05, 4.69) is 0 Å². The summed E-state index contributed by atoms with van der Waals surface area (Å²) in [5.41, 5.74) is 9.60. The standard InChI is InChI=1S/C4H8N2O2/c5-1-3(2-7)4(6)8/h1,7H,2,5H2,(H2,6,8). The van der Waals surface area contributed by atoms with Crippen LogP contribution in [-0.2, 0) is 4.79 Å². The van der Waals surface area contributed by atoms with Gasteiger partial charge in [-0.2, -0.15) is 0 Å². The van der Waals surface area contributed by atoms with Crippen molar-refractivity contribution in [3.8, 4) is 0 Å². The Balaban J connectivity index is 3.92. The Morgan fingerprint density at radius 3 is 2.25 bits per heavy atom. The van der Waals surface area contributed by atoms with Gasteiger partial charge in [0, 0.05) is 6.20 Å². The predicted octanol–water partition coefficient (Wildman–Crippen LogP) is -1.69. The predicted molar refractivity (Wildman–Crippen MR) is 28.6 cm³/mol. The third-order valence-electron chi connectivity index (χ3n) is 0.688. The molecule has 0 unspecified atom stereocenters. The largest absolute Gasteiger partial charge is 0.404 e. The Morgan fingerprint density at radius 1 is 1.75 bits per heavy atom. The Labute approximate surface area is 46.8 Å². The molecule has 4 nitrogen and oxygen atoms in total.